The number of benzene rings is 5. The van der Waals surface area contributed by atoms with Crippen LogP contribution >= 0.6 is 0 Å². The van der Waals surface area contributed by atoms with Gasteiger partial charge in [-0.3, -0.25) is 8.63 Å². The van der Waals surface area contributed by atoms with Gasteiger partial charge in [0, 0.05) is 28.0 Å². The van der Waals surface area contributed by atoms with Crippen LogP contribution in [0.2, 0.25) is 0 Å². The Morgan fingerprint density at radius 1 is 0.596 bits per heavy atom. The second kappa shape index (κ2) is 14.4. The lowest BCUT2D eigenvalue weighted by molar-refractivity contribution is 0.392. The molecule has 0 unspecified atom stereocenters. The molecule has 1 aliphatic rings. The lowest BCUT2D eigenvalue weighted by Gasteiger charge is -2.22. The predicted molar refractivity (Wildman–Crippen MR) is 211 cm³/mol. The van der Waals surface area contributed by atoms with Gasteiger partial charge in [0.2, 0.25) is 0 Å². The number of nitrogens with zero attached hydrogens (tertiary/aromatic N) is 2. The molecule has 7 rings (SSSR count). The highest BCUT2D eigenvalue weighted by atomic mass is 19.2. The zero-order valence-electron chi connectivity index (χ0n) is 30.2. The Hall–Kier alpha value is -5.95. The SMILES string of the molecule is COc1cccc(OC)c1C(=C1N=C(c2ccc(C)cc2)C=C1c1ccc(C)cc1)c1c(-c2ccc(C)cc2)cc(-c2ccc(C)cc2)n1B(F)F. The fraction of sp³-hybridized carbons (Fsp3) is 0.133. The van der Waals surface area contributed by atoms with Crippen LogP contribution in [0.1, 0.15) is 44.6 Å². The maximum Gasteiger partial charge on any atom is 0.678 e. The Labute approximate surface area is 304 Å². The van der Waals surface area contributed by atoms with Crippen molar-refractivity contribution in [2.24, 2.45) is 4.99 Å². The first-order chi connectivity index (χ1) is 25.2. The number of rotatable bonds is 9. The van der Waals surface area contributed by atoms with Gasteiger partial charge in [0.05, 0.1) is 36.9 Å². The number of hydrogen-bond acceptors (Lipinski definition) is 3. The number of allylic oxidation sites excluding steroid dienone is 2. The highest BCUT2D eigenvalue weighted by Gasteiger charge is 2.35. The molecule has 0 aliphatic carbocycles. The number of methoxy groups -OCH3 is 2. The Balaban J connectivity index is 1.69. The molecule has 1 aromatic heterocycles. The van der Waals surface area contributed by atoms with Crippen molar-refractivity contribution in [1.29, 1.82) is 0 Å². The van der Waals surface area contributed by atoms with Crippen molar-refractivity contribution in [2.45, 2.75) is 27.7 Å². The fourth-order valence-corrected chi connectivity index (χ4v) is 6.76. The minimum absolute atomic E-state index is 0.305. The molecule has 0 saturated heterocycles. The Bertz CT molecular complexity index is 2330. The van der Waals surface area contributed by atoms with Crippen molar-refractivity contribution in [3.05, 3.63) is 178 Å². The third-order valence-corrected chi connectivity index (χ3v) is 9.57. The highest BCUT2D eigenvalue weighted by molar-refractivity contribution is 6.43. The van der Waals surface area contributed by atoms with Crippen LogP contribution in [-0.2, 0) is 0 Å². The molecule has 0 fully saturated rings. The van der Waals surface area contributed by atoms with E-state index in [9.17, 15) is 0 Å². The predicted octanol–water partition coefficient (Wildman–Crippen LogP) is 11.2. The van der Waals surface area contributed by atoms with Crippen LogP contribution in [0.3, 0.4) is 0 Å². The molecule has 258 valence electrons. The van der Waals surface area contributed by atoms with Crippen molar-refractivity contribution in [2.75, 3.05) is 14.2 Å². The minimum Gasteiger partial charge on any atom is -0.496 e. The van der Waals surface area contributed by atoms with Crippen molar-refractivity contribution >= 4 is 24.3 Å². The molecular formula is C45H39BF2N2O2. The summed E-state index contributed by atoms with van der Waals surface area (Å²) in [6.45, 7) is 8.08. The van der Waals surface area contributed by atoms with Gasteiger partial charge in [-0.05, 0) is 68.7 Å². The summed E-state index contributed by atoms with van der Waals surface area (Å²) >= 11 is 0. The summed E-state index contributed by atoms with van der Waals surface area (Å²) in [4.78, 5) is 5.35. The van der Waals surface area contributed by atoms with Gasteiger partial charge in [0.25, 0.3) is 0 Å². The van der Waals surface area contributed by atoms with Crippen LogP contribution in [0, 0.1) is 27.7 Å². The van der Waals surface area contributed by atoms with Gasteiger partial charge in [-0.1, -0.05) is 125 Å². The summed E-state index contributed by atoms with van der Waals surface area (Å²) < 4.78 is 45.3. The van der Waals surface area contributed by atoms with E-state index < -0.39 is 7.40 Å². The number of aromatic nitrogens is 1. The number of ether oxygens (including phenoxy) is 2. The Morgan fingerprint density at radius 2 is 1.06 bits per heavy atom. The standard InChI is InChI=1S/C45H39BF2N2O2/c1-28-10-18-32(19-11-28)36-26-38(34-22-14-30(3)15-23-34)49-44(36)43(42-40(51-5)8-7-9-41(42)52-6)45-37(33-20-12-29(2)13-21-33)27-39(50(45)46(47)48)35-24-16-31(4)17-25-35/h7-27H,1-6H3. The second-order valence-electron chi connectivity index (χ2n) is 13.2. The second-order valence-corrected chi connectivity index (χ2v) is 13.2. The van der Waals surface area contributed by atoms with E-state index in [4.69, 9.17) is 14.5 Å². The molecule has 0 radical (unpaired) electrons. The molecule has 4 nitrogen and oxygen atoms in total. The molecule has 5 aromatic carbocycles. The van der Waals surface area contributed by atoms with Crippen LogP contribution in [0.15, 0.2) is 138 Å². The minimum atomic E-state index is -2.91. The summed E-state index contributed by atoms with van der Waals surface area (Å²) in [6.07, 6.45) is 2.05. The van der Waals surface area contributed by atoms with Crippen LogP contribution in [0.25, 0.3) is 33.5 Å². The van der Waals surface area contributed by atoms with E-state index in [0.717, 1.165) is 54.7 Å². The quantitative estimate of drug-likeness (QED) is 0.142. The van der Waals surface area contributed by atoms with Gasteiger partial charge in [-0.15, -0.1) is 0 Å². The topological polar surface area (TPSA) is 35.8 Å². The summed E-state index contributed by atoms with van der Waals surface area (Å²) in [5, 5.41) is 0. The highest BCUT2D eigenvalue weighted by Crippen LogP contribution is 2.49. The van der Waals surface area contributed by atoms with Gasteiger partial charge in [0.15, 0.2) is 0 Å². The molecule has 52 heavy (non-hydrogen) atoms. The zero-order valence-corrected chi connectivity index (χ0v) is 30.2. The van der Waals surface area contributed by atoms with Crippen LogP contribution < -0.4 is 9.47 Å². The molecule has 0 bridgehead atoms. The van der Waals surface area contributed by atoms with E-state index in [-0.39, 0.29) is 0 Å². The zero-order chi connectivity index (χ0) is 36.5. The third-order valence-electron chi connectivity index (χ3n) is 9.57. The first kappa shape index (κ1) is 34.5. The molecule has 0 amide bonds. The monoisotopic (exact) mass is 688 g/mol. The number of aliphatic imine (C=N–C) groups is 1. The van der Waals surface area contributed by atoms with E-state index in [1.54, 1.807) is 14.2 Å². The van der Waals surface area contributed by atoms with E-state index in [2.05, 4.69) is 42.5 Å². The molecule has 0 N–H and O–H groups in total. The van der Waals surface area contributed by atoms with Crippen LogP contribution in [0.4, 0.5) is 8.63 Å². The van der Waals surface area contributed by atoms with Crippen molar-refractivity contribution in [3.8, 4) is 33.9 Å². The van der Waals surface area contributed by atoms with Gasteiger partial charge in [-0.25, -0.2) is 4.99 Å². The third kappa shape index (κ3) is 6.50. The molecular weight excluding hydrogens is 649 g/mol. The van der Waals surface area contributed by atoms with Gasteiger partial charge in [0.1, 0.15) is 11.5 Å². The van der Waals surface area contributed by atoms with Crippen molar-refractivity contribution in [3.63, 3.8) is 0 Å². The van der Waals surface area contributed by atoms with Crippen molar-refractivity contribution in [1.82, 2.24) is 4.48 Å². The molecule has 2 heterocycles. The number of halogens is 2. The summed E-state index contributed by atoms with van der Waals surface area (Å²) in [7, 11) is 0.255. The molecule has 0 spiro atoms. The summed E-state index contributed by atoms with van der Waals surface area (Å²) in [5.74, 6) is 0.940. The molecule has 1 aliphatic heterocycles. The van der Waals surface area contributed by atoms with E-state index in [1.165, 1.54) is 0 Å². The Morgan fingerprint density at radius 3 is 1.54 bits per heavy atom. The average Bonchev–Trinajstić information content (AvgIpc) is 3.77. The first-order valence-electron chi connectivity index (χ1n) is 17.2. The normalized spacial score (nSPS) is 13.5. The largest absolute Gasteiger partial charge is 0.678 e. The molecule has 7 heteroatoms. The molecule has 0 atom stereocenters. The fourth-order valence-electron chi connectivity index (χ4n) is 6.76. The average molecular weight is 689 g/mol. The van der Waals surface area contributed by atoms with Gasteiger partial charge in [-0.2, -0.15) is 0 Å². The van der Waals surface area contributed by atoms with E-state index in [1.807, 2.05) is 113 Å². The van der Waals surface area contributed by atoms with E-state index >= 15 is 8.63 Å². The summed E-state index contributed by atoms with van der Waals surface area (Å²) in [5.41, 5.74) is 12.0. The van der Waals surface area contributed by atoms with Crippen molar-refractivity contribution < 1.29 is 18.1 Å². The molecule has 0 saturated carbocycles. The first-order valence-corrected chi connectivity index (χ1v) is 17.2. The van der Waals surface area contributed by atoms with Crippen LogP contribution in [-0.4, -0.2) is 31.8 Å². The maximum atomic E-state index is 16.0. The number of aryl methyl sites for hydroxylation is 4. The smallest absolute Gasteiger partial charge is 0.496 e. The lowest BCUT2D eigenvalue weighted by atomic mass is 9.89. The maximum absolute atomic E-state index is 16.0. The van der Waals surface area contributed by atoms with Crippen LogP contribution in [0.5, 0.6) is 11.5 Å². The van der Waals surface area contributed by atoms with Gasteiger partial charge >= 0.3 is 7.40 Å². The summed E-state index contributed by atoms with van der Waals surface area (Å²) in [6, 6.07) is 39.4. The lowest BCUT2D eigenvalue weighted by Crippen LogP contribution is -2.18. The number of hydrogen-bond donors (Lipinski definition) is 0. The molecule has 6 aromatic rings. The van der Waals surface area contributed by atoms with Gasteiger partial charge < -0.3 is 14.0 Å². The van der Waals surface area contributed by atoms with E-state index in [0.29, 0.717) is 50.8 Å². The Kier molecular flexibility index (Phi) is 9.52.